The van der Waals surface area contributed by atoms with E-state index in [1.54, 1.807) is 0 Å². The minimum atomic E-state index is -3.45. The van der Waals surface area contributed by atoms with Gasteiger partial charge in [0.05, 0.1) is 11.2 Å². The van der Waals surface area contributed by atoms with E-state index in [1.165, 1.54) is 4.90 Å². The summed E-state index contributed by atoms with van der Waals surface area (Å²) in [6.07, 6.45) is 1.66. The maximum absolute atomic E-state index is 12.2. The molecule has 21 heavy (non-hydrogen) atoms. The lowest BCUT2D eigenvalue weighted by Crippen LogP contribution is -2.44. The summed E-state index contributed by atoms with van der Waals surface area (Å²) in [6.45, 7) is 1.47. The highest BCUT2D eigenvalue weighted by atomic mass is 32.2. The number of carboxylic acid groups (broad SMARTS) is 1. The molecule has 2 aliphatic heterocycles. The Morgan fingerprint density at radius 2 is 1.67 bits per heavy atom. The second-order valence-electron chi connectivity index (χ2n) is 5.61. The van der Waals surface area contributed by atoms with Crippen LogP contribution in [0.25, 0.3) is 0 Å². The molecule has 2 rings (SSSR count). The zero-order valence-corrected chi connectivity index (χ0v) is 12.7. The van der Waals surface area contributed by atoms with E-state index < -0.39 is 38.6 Å². The Morgan fingerprint density at radius 1 is 1.10 bits per heavy atom. The van der Waals surface area contributed by atoms with Gasteiger partial charge in [-0.25, -0.2) is 8.42 Å². The molecule has 0 aliphatic carbocycles. The number of piperidine rings is 1. The van der Waals surface area contributed by atoms with Crippen LogP contribution in [0.1, 0.15) is 25.7 Å². The second-order valence-corrected chi connectivity index (χ2v) is 7.89. The Bertz CT molecular complexity index is 489. The van der Waals surface area contributed by atoms with Gasteiger partial charge in [-0.2, -0.15) is 0 Å². The number of hydrogen-bond donors (Lipinski definition) is 1. The summed E-state index contributed by atoms with van der Waals surface area (Å²) in [6, 6.07) is 0. The van der Waals surface area contributed by atoms with Gasteiger partial charge in [-0.05, 0) is 25.7 Å². The molecule has 0 aromatic heterocycles. The predicted octanol–water partition coefficient (Wildman–Crippen LogP) is -0.0966. The van der Waals surface area contributed by atoms with Gasteiger partial charge < -0.3 is 14.7 Å². The highest BCUT2D eigenvalue weighted by Gasteiger charge is 2.33. The zero-order valence-electron chi connectivity index (χ0n) is 11.9. The monoisotopic (exact) mass is 319 g/mol. The summed E-state index contributed by atoms with van der Waals surface area (Å²) < 4.78 is 29.6. The van der Waals surface area contributed by atoms with Crippen LogP contribution < -0.4 is 0 Å². The lowest BCUT2D eigenvalue weighted by molar-refractivity contribution is -0.145. The highest BCUT2D eigenvalue weighted by Crippen LogP contribution is 2.20. The van der Waals surface area contributed by atoms with Crippen LogP contribution in [0.2, 0.25) is 0 Å². The Morgan fingerprint density at radius 3 is 2.19 bits per heavy atom. The lowest BCUT2D eigenvalue weighted by Gasteiger charge is -2.31. The Balaban J connectivity index is 1.88. The van der Waals surface area contributed by atoms with E-state index in [0.29, 0.717) is 52.0 Å². The molecule has 2 aliphatic rings. The lowest BCUT2D eigenvalue weighted by atomic mass is 9.97. The molecule has 0 aromatic rings. The molecule has 2 saturated heterocycles. The van der Waals surface area contributed by atoms with E-state index in [1.807, 2.05) is 0 Å². The van der Waals surface area contributed by atoms with E-state index in [9.17, 15) is 18.0 Å². The fraction of sp³-hybridized carbons (Fsp3) is 0.846. The van der Waals surface area contributed by atoms with Crippen LogP contribution in [0.4, 0.5) is 0 Å². The van der Waals surface area contributed by atoms with Crippen LogP contribution in [0.3, 0.4) is 0 Å². The van der Waals surface area contributed by atoms with Crippen molar-refractivity contribution in [3.63, 3.8) is 0 Å². The first-order valence-electron chi connectivity index (χ1n) is 7.20. The fourth-order valence-electron chi connectivity index (χ4n) is 2.79. The number of carboxylic acids is 1. The highest BCUT2D eigenvalue weighted by molar-refractivity contribution is 7.92. The number of amides is 1. The van der Waals surface area contributed by atoms with Crippen LogP contribution in [0, 0.1) is 5.92 Å². The van der Waals surface area contributed by atoms with Gasteiger partial charge in [0.1, 0.15) is 5.75 Å². The molecular formula is C13H21NO6S. The van der Waals surface area contributed by atoms with Crippen molar-refractivity contribution in [2.75, 3.05) is 32.1 Å². The van der Waals surface area contributed by atoms with Crippen molar-refractivity contribution >= 4 is 21.7 Å². The number of hydrogen-bond acceptors (Lipinski definition) is 5. The number of rotatable bonds is 4. The maximum Gasteiger partial charge on any atom is 0.306 e. The van der Waals surface area contributed by atoms with Crippen molar-refractivity contribution in [3.05, 3.63) is 0 Å². The van der Waals surface area contributed by atoms with E-state index >= 15 is 0 Å². The predicted molar refractivity (Wildman–Crippen MR) is 74.6 cm³/mol. The number of nitrogens with zero attached hydrogens (tertiary/aromatic N) is 1. The molecule has 8 heteroatoms. The van der Waals surface area contributed by atoms with Gasteiger partial charge in [-0.3, -0.25) is 9.59 Å². The van der Waals surface area contributed by atoms with Gasteiger partial charge in [-0.1, -0.05) is 0 Å². The van der Waals surface area contributed by atoms with Crippen LogP contribution in [-0.2, 0) is 24.2 Å². The van der Waals surface area contributed by atoms with Crippen molar-refractivity contribution in [1.82, 2.24) is 4.90 Å². The second kappa shape index (κ2) is 6.74. The molecule has 0 saturated carbocycles. The molecule has 2 fully saturated rings. The van der Waals surface area contributed by atoms with Crippen LogP contribution >= 0.6 is 0 Å². The molecule has 0 aromatic carbocycles. The van der Waals surface area contributed by atoms with Gasteiger partial charge in [0.2, 0.25) is 5.91 Å². The molecule has 0 spiro atoms. The summed E-state index contributed by atoms with van der Waals surface area (Å²) in [5.74, 6) is -2.17. The fourth-order valence-corrected chi connectivity index (χ4v) is 4.47. The number of carbonyl (C=O) groups is 2. The van der Waals surface area contributed by atoms with Gasteiger partial charge in [0, 0.05) is 26.3 Å². The molecule has 0 radical (unpaired) electrons. The molecular weight excluding hydrogens is 298 g/mol. The summed E-state index contributed by atoms with van der Waals surface area (Å²) in [4.78, 5) is 24.4. The molecule has 0 atom stereocenters. The smallest absolute Gasteiger partial charge is 0.306 e. The molecule has 0 unspecified atom stereocenters. The molecule has 1 N–H and O–H groups in total. The summed E-state index contributed by atoms with van der Waals surface area (Å²) in [5.41, 5.74) is 0. The quantitative estimate of drug-likeness (QED) is 0.777. The third kappa shape index (κ3) is 4.16. The first kappa shape index (κ1) is 16.2. The maximum atomic E-state index is 12.2. The summed E-state index contributed by atoms with van der Waals surface area (Å²) >= 11 is 0. The van der Waals surface area contributed by atoms with Crippen molar-refractivity contribution < 1.29 is 27.9 Å². The number of aliphatic carboxylic acids is 1. The molecule has 0 bridgehead atoms. The zero-order chi connectivity index (χ0) is 15.5. The van der Waals surface area contributed by atoms with Crippen LogP contribution in [0.5, 0.6) is 0 Å². The Hall–Kier alpha value is -1.15. The molecule has 1 amide bonds. The number of ether oxygens (including phenoxy) is 1. The summed E-state index contributed by atoms with van der Waals surface area (Å²) in [5, 5.41) is 8.41. The number of carbonyl (C=O) groups excluding carboxylic acids is 1. The SMILES string of the molecule is O=C(O)C1CCN(C(=O)CS(=O)(=O)C2CCOCC2)CC1. The minimum Gasteiger partial charge on any atom is -0.481 e. The van der Waals surface area contributed by atoms with E-state index in [2.05, 4.69) is 0 Å². The Labute approximate surface area is 124 Å². The third-order valence-electron chi connectivity index (χ3n) is 4.20. The van der Waals surface area contributed by atoms with Gasteiger partial charge >= 0.3 is 5.97 Å². The van der Waals surface area contributed by atoms with Crippen molar-refractivity contribution in [1.29, 1.82) is 0 Å². The Kier molecular flexibility index (Phi) is 5.21. The summed E-state index contributed by atoms with van der Waals surface area (Å²) in [7, 11) is -3.45. The van der Waals surface area contributed by atoms with Crippen molar-refractivity contribution in [2.24, 2.45) is 5.92 Å². The standard InChI is InChI=1S/C13H21NO6S/c15-12(14-5-1-10(2-6-14)13(16)17)9-21(18,19)11-3-7-20-8-4-11/h10-11H,1-9H2,(H,16,17). The van der Waals surface area contributed by atoms with Crippen molar-refractivity contribution in [2.45, 2.75) is 30.9 Å². The average Bonchev–Trinajstić information content (AvgIpc) is 2.48. The molecule has 2 heterocycles. The van der Waals surface area contributed by atoms with Gasteiger partial charge in [0.25, 0.3) is 0 Å². The molecule has 120 valence electrons. The minimum absolute atomic E-state index is 0.319. The van der Waals surface area contributed by atoms with Crippen LogP contribution in [0.15, 0.2) is 0 Å². The number of sulfone groups is 1. The normalized spacial score (nSPS) is 22.2. The van der Waals surface area contributed by atoms with Crippen molar-refractivity contribution in [3.8, 4) is 0 Å². The first-order valence-corrected chi connectivity index (χ1v) is 8.91. The van der Waals surface area contributed by atoms with Gasteiger partial charge in [-0.15, -0.1) is 0 Å². The van der Waals surface area contributed by atoms with E-state index in [-0.39, 0.29) is 0 Å². The largest absolute Gasteiger partial charge is 0.481 e. The topological polar surface area (TPSA) is 101 Å². The number of likely N-dealkylation sites (tertiary alicyclic amines) is 1. The van der Waals surface area contributed by atoms with Gasteiger partial charge in [0.15, 0.2) is 9.84 Å². The third-order valence-corrected chi connectivity index (χ3v) is 6.33. The first-order chi connectivity index (χ1) is 9.90. The van der Waals surface area contributed by atoms with E-state index in [4.69, 9.17) is 9.84 Å². The van der Waals surface area contributed by atoms with E-state index in [0.717, 1.165) is 0 Å². The molecule has 7 nitrogen and oxygen atoms in total. The average molecular weight is 319 g/mol. The van der Waals surface area contributed by atoms with Crippen LogP contribution in [-0.4, -0.2) is 67.6 Å².